The largest absolute Gasteiger partial charge is 0.480 e. The van der Waals surface area contributed by atoms with Crippen molar-refractivity contribution in [3.63, 3.8) is 0 Å². The molecule has 0 aliphatic heterocycles. The van der Waals surface area contributed by atoms with E-state index in [1.165, 1.54) is 0 Å². The van der Waals surface area contributed by atoms with Crippen molar-refractivity contribution in [2.75, 3.05) is 0 Å². The molecule has 6 nitrogen and oxygen atoms in total. The summed E-state index contributed by atoms with van der Waals surface area (Å²) in [5.41, 5.74) is 7.11. The van der Waals surface area contributed by atoms with E-state index in [9.17, 15) is 9.59 Å². The Kier molecular flexibility index (Phi) is 9.50. The number of hydrogen-bond acceptors (Lipinski definition) is 4. The van der Waals surface area contributed by atoms with Gasteiger partial charge < -0.3 is 21.1 Å². The van der Waals surface area contributed by atoms with Gasteiger partial charge in [-0.15, -0.1) is 0 Å². The Balaban J connectivity index is 0.000000260. The van der Waals surface area contributed by atoms with Gasteiger partial charge >= 0.3 is 11.9 Å². The predicted octanol–water partition coefficient (Wildman–Crippen LogP) is 2.84. The third-order valence-corrected chi connectivity index (χ3v) is 4.37. The molecule has 26 heavy (non-hydrogen) atoms. The number of halogens is 2. The van der Waals surface area contributed by atoms with E-state index in [1.807, 2.05) is 36.4 Å². The van der Waals surface area contributed by atoms with Gasteiger partial charge in [0.1, 0.15) is 6.04 Å². The van der Waals surface area contributed by atoms with E-state index in [-0.39, 0.29) is 6.42 Å². The zero-order valence-electron chi connectivity index (χ0n) is 13.7. The van der Waals surface area contributed by atoms with Crippen LogP contribution >= 0.6 is 31.9 Å². The van der Waals surface area contributed by atoms with Gasteiger partial charge in [-0.3, -0.25) is 4.79 Å². The number of carboxylic acids is 2. The lowest BCUT2D eigenvalue weighted by Crippen LogP contribution is -2.32. The van der Waals surface area contributed by atoms with Crippen molar-refractivity contribution in [3.05, 3.63) is 68.6 Å². The molecule has 0 aromatic heterocycles. The number of rotatable bonds is 6. The van der Waals surface area contributed by atoms with Crippen LogP contribution in [0, 0.1) is 0 Å². The Bertz CT molecular complexity index is 656. The van der Waals surface area contributed by atoms with Gasteiger partial charge in [-0.05, 0) is 41.8 Å². The van der Waals surface area contributed by atoms with E-state index in [0.717, 1.165) is 20.1 Å². The highest BCUT2D eigenvalue weighted by Crippen LogP contribution is 2.12. The molecule has 0 amide bonds. The molecule has 0 saturated carbocycles. The summed E-state index contributed by atoms with van der Waals surface area (Å²) in [7, 11) is 0. The molecular formula is C18H19Br2NO5. The number of aliphatic hydroxyl groups is 1. The average Bonchev–Trinajstić information content (AvgIpc) is 2.59. The summed E-state index contributed by atoms with van der Waals surface area (Å²) in [5, 5.41) is 26.0. The molecule has 0 unspecified atom stereocenters. The number of benzene rings is 2. The number of aliphatic carboxylic acids is 2. The van der Waals surface area contributed by atoms with Crippen LogP contribution in [0.2, 0.25) is 0 Å². The molecule has 2 aromatic carbocycles. The first-order valence-electron chi connectivity index (χ1n) is 7.57. The number of hydrogen-bond donors (Lipinski definition) is 4. The lowest BCUT2D eigenvalue weighted by molar-refractivity contribution is -0.146. The molecule has 2 aromatic rings. The van der Waals surface area contributed by atoms with Crippen LogP contribution in [0.3, 0.4) is 0 Å². The summed E-state index contributed by atoms with van der Waals surface area (Å²) >= 11 is 6.55. The number of nitrogens with two attached hydrogens (primary N) is 1. The highest BCUT2D eigenvalue weighted by molar-refractivity contribution is 9.10. The van der Waals surface area contributed by atoms with Crippen LogP contribution in [0.15, 0.2) is 57.5 Å². The molecule has 0 radical (unpaired) electrons. The second-order valence-electron chi connectivity index (χ2n) is 5.46. The third-order valence-electron chi connectivity index (χ3n) is 3.31. The van der Waals surface area contributed by atoms with Gasteiger partial charge in [-0.1, -0.05) is 56.1 Å². The SMILES string of the molecule is N[C@H](Cc1ccc(Br)cc1)C(=O)O.O=C(O)[C@H](O)Cc1ccc(Br)cc1. The van der Waals surface area contributed by atoms with E-state index in [2.05, 4.69) is 31.9 Å². The summed E-state index contributed by atoms with van der Waals surface area (Å²) < 4.78 is 1.90. The predicted molar refractivity (Wildman–Crippen MR) is 105 cm³/mol. The maximum atomic E-state index is 10.4. The maximum Gasteiger partial charge on any atom is 0.332 e. The highest BCUT2D eigenvalue weighted by atomic mass is 79.9. The third kappa shape index (κ3) is 8.57. The normalized spacial score (nSPS) is 12.5. The molecule has 140 valence electrons. The number of carbonyl (C=O) groups is 2. The molecule has 0 aliphatic rings. The summed E-state index contributed by atoms with van der Waals surface area (Å²) in [4.78, 5) is 20.7. The van der Waals surface area contributed by atoms with Gasteiger partial charge in [0.05, 0.1) is 0 Å². The second-order valence-corrected chi connectivity index (χ2v) is 7.29. The molecule has 5 N–H and O–H groups in total. The first-order chi connectivity index (χ1) is 12.2. The molecule has 0 heterocycles. The van der Waals surface area contributed by atoms with E-state index in [0.29, 0.717) is 6.42 Å². The molecule has 2 rings (SSSR count). The minimum absolute atomic E-state index is 0.141. The fourth-order valence-corrected chi connectivity index (χ4v) is 2.42. The van der Waals surface area contributed by atoms with E-state index < -0.39 is 24.1 Å². The molecule has 0 spiro atoms. The van der Waals surface area contributed by atoms with Crippen molar-refractivity contribution >= 4 is 43.8 Å². The first-order valence-corrected chi connectivity index (χ1v) is 9.15. The summed E-state index contributed by atoms with van der Waals surface area (Å²) in [6, 6.07) is 13.8. The molecule has 8 heteroatoms. The van der Waals surface area contributed by atoms with Crippen LogP contribution < -0.4 is 5.73 Å². The summed E-state index contributed by atoms with van der Waals surface area (Å²) in [6.45, 7) is 0. The second kappa shape index (κ2) is 11.1. The van der Waals surface area contributed by atoms with Gasteiger partial charge in [0, 0.05) is 15.4 Å². The molecule has 0 bridgehead atoms. The van der Waals surface area contributed by atoms with E-state index in [1.54, 1.807) is 12.1 Å². The Morgan fingerprint density at radius 2 is 1.19 bits per heavy atom. The van der Waals surface area contributed by atoms with Gasteiger partial charge in [0.15, 0.2) is 6.10 Å². The van der Waals surface area contributed by atoms with Gasteiger partial charge in [-0.25, -0.2) is 4.79 Å². The van der Waals surface area contributed by atoms with Gasteiger partial charge in [-0.2, -0.15) is 0 Å². The summed E-state index contributed by atoms with van der Waals surface area (Å²) in [5.74, 6) is -2.16. The van der Waals surface area contributed by atoms with Crippen molar-refractivity contribution in [1.29, 1.82) is 0 Å². The average molecular weight is 489 g/mol. The zero-order valence-corrected chi connectivity index (χ0v) is 16.9. The Morgan fingerprint density at radius 1 is 0.808 bits per heavy atom. The van der Waals surface area contributed by atoms with Crippen LogP contribution in [0.4, 0.5) is 0 Å². The van der Waals surface area contributed by atoms with Crippen LogP contribution in [0.25, 0.3) is 0 Å². The smallest absolute Gasteiger partial charge is 0.332 e. The zero-order chi connectivity index (χ0) is 19.7. The first kappa shape index (κ1) is 22.3. The molecule has 0 aliphatic carbocycles. The van der Waals surface area contributed by atoms with Crippen molar-refractivity contribution in [1.82, 2.24) is 0 Å². The van der Waals surface area contributed by atoms with Gasteiger partial charge in [0.2, 0.25) is 0 Å². The maximum absolute atomic E-state index is 10.4. The number of carboxylic acid groups (broad SMARTS) is 2. The highest BCUT2D eigenvalue weighted by Gasteiger charge is 2.13. The van der Waals surface area contributed by atoms with Gasteiger partial charge in [0.25, 0.3) is 0 Å². The minimum Gasteiger partial charge on any atom is -0.480 e. The van der Waals surface area contributed by atoms with Crippen LogP contribution in [0.1, 0.15) is 11.1 Å². The van der Waals surface area contributed by atoms with E-state index in [4.69, 9.17) is 21.1 Å². The van der Waals surface area contributed by atoms with Crippen molar-refractivity contribution < 1.29 is 24.9 Å². The van der Waals surface area contributed by atoms with E-state index >= 15 is 0 Å². The fourth-order valence-electron chi connectivity index (χ4n) is 1.89. The number of aliphatic hydroxyl groups excluding tert-OH is 1. The Hall–Kier alpha value is -1.74. The minimum atomic E-state index is -1.32. The fraction of sp³-hybridized carbons (Fsp3) is 0.222. The van der Waals surface area contributed by atoms with Crippen LogP contribution in [-0.2, 0) is 22.4 Å². The molecular weight excluding hydrogens is 470 g/mol. The quantitative estimate of drug-likeness (QED) is 0.496. The Labute approximate surface area is 167 Å². The lowest BCUT2D eigenvalue weighted by atomic mass is 10.1. The molecule has 0 fully saturated rings. The molecule has 2 atom stereocenters. The van der Waals surface area contributed by atoms with Crippen molar-refractivity contribution in [2.45, 2.75) is 25.0 Å². The summed E-state index contributed by atoms with van der Waals surface area (Å²) in [6.07, 6.45) is -0.813. The standard InChI is InChI=1S/C9H10BrNO2.C9H9BrO3/c2*10-7-3-1-6(2-4-7)5-8(11)9(12)13/h1-4,8H,5,11H2,(H,12,13);1-4,8,11H,5H2,(H,12,13)/t2*8-/m11/s1. The monoisotopic (exact) mass is 487 g/mol. The topological polar surface area (TPSA) is 121 Å². The lowest BCUT2D eigenvalue weighted by Gasteiger charge is -2.05. The van der Waals surface area contributed by atoms with Crippen molar-refractivity contribution in [3.8, 4) is 0 Å². The molecule has 0 saturated heterocycles. The van der Waals surface area contributed by atoms with Crippen LogP contribution in [0.5, 0.6) is 0 Å². The van der Waals surface area contributed by atoms with Crippen molar-refractivity contribution in [2.24, 2.45) is 5.73 Å². The Morgan fingerprint density at radius 3 is 1.54 bits per heavy atom. The van der Waals surface area contributed by atoms with Crippen LogP contribution in [-0.4, -0.2) is 39.4 Å².